The van der Waals surface area contributed by atoms with Crippen molar-refractivity contribution in [2.45, 2.75) is 27.7 Å². The summed E-state index contributed by atoms with van der Waals surface area (Å²) in [6, 6.07) is 5.66. The Balaban J connectivity index is 0.00000118. The van der Waals surface area contributed by atoms with Crippen molar-refractivity contribution in [3.8, 4) is 0 Å². The second-order valence-corrected chi connectivity index (χ2v) is 5.71. The first-order valence-corrected chi connectivity index (χ1v) is 7.27. The SMILES string of the molecule is Cc1cccc(C)c1N(CC(C)C)C(=O)N(C)C(=N)N.O=[N+]([O-])O. The van der Waals surface area contributed by atoms with E-state index < -0.39 is 5.09 Å². The summed E-state index contributed by atoms with van der Waals surface area (Å²) in [5, 5.41) is 21.1. The van der Waals surface area contributed by atoms with Crippen LogP contribution in [0.2, 0.25) is 0 Å². The number of urea groups is 1. The third-order valence-corrected chi connectivity index (χ3v) is 3.14. The van der Waals surface area contributed by atoms with Crippen LogP contribution in [0.5, 0.6) is 0 Å². The maximum atomic E-state index is 12.6. The van der Waals surface area contributed by atoms with E-state index in [2.05, 4.69) is 13.8 Å². The summed E-state index contributed by atoms with van der Waals surface area (Å²) in [7, 11) is 1.52. The monoisotopic (exact) mass is 339 g/mol. The quantitative estimate of drug-likeness (QED) is 0.336. The van der Waals surface area contributed by atoms with Crippen LogP contribution in [0.25, 0.3) is 0 Å². The molecule has 134 valence electrons. The molecular formula is C15H25N5O4. The highest BCUT2D eigenvalue weighted by molar-refractivity contribution is 6.02. The van der Waals surface area contributed by atoms with Gasteiger partial charge in [0.1, 0.15) is 0 Å². The van der Waals surface area contributed by atoms with Crippen LogP contribution in [0.1, 0.15) is 25.0 Å². The first kappa shape index (κ1) is 21.2. The minimum atomic E-state index is -1.50. The number of hydrogen-bond donors (Lipinski definition) is 3. The van der Waals surface area contributed by atoms with Crippen LogP contribution in [0.15, 0.2) is 18.2 Å². The van der Waals surface area contributed by atoms with Gasteiger partial charge in [0.05, 0.1) is 5.69 Å². The van der Waals surface area contributed by atoms with E-state index in [-0.39, 0.29) is 12.0 Å². The summed E-state index contributed by atoms with van der Waals surface area (Å²) in [4.78, 5) is 23.8. The van der Waals surface area contributed by atoms with Crippen LogP contribution >= 0.6 is 0 Å². The third kappa shape index (κ3) is 6.51. The van der Waals surface area contributed by atoms with Crippen LogP contribution in [-0.4, -0.2) is 40.8 Å². The minimum Gasteiger partial charge on any atom is -0.370 e. The van der Waals surface area contributed by atoms with E-state index in [4.69, 9.17) is 26.5 Å². The molecule has 0 radical (unpaired) electrons. The van der Waals surface area contributed by atoms with Gasteiger partial charge in [0.2, 0.25) is 0 Å². The van der Waals surface area contributed by atoms with Gasteiger partial charge in [-0.1, -0.05) is 32.0 Å². The summed E-state index contributed by atoms with van der Waals surface area (Å²) in [5.74, 6) is 0.0632. The Bertz CT molecular complexity index is 579. The highest BCUT2D eigenvalue weighted by atomic mass is 16.9. The van der Waals surface area contributed by atoms with Crippen molar-refractivity contribution in [3.63, 3.8) is 0 Å². The molecule has 2 amide bonds. The largest absolute Gasteiger partial charge is 0.370 e. The van der Waals surface area contributed by atoms with Crippen LogP contribution in [0, 0.1) is 35.3 Å². The average Bonchev–Trinajstić information content (AvgIpc) is 2.43. The summed E-state index contributed by atoms with van der Waals surface area (Å²) >= 11 is 0. The molecule has 0 aliphatic rings. The molecule has 4 N–H and O–H groups in total. The molecule has 0 aromatic heterocycles. The second kappa shape index (κ2) is 9.33. The molecule has 0 fully saturated rings. The van der Waals surface area contributed by atoms with Crippen LogP contribution in [-0.2, 0) is 0 Å². The van der Waals surface area contributed by atoms with Gasteiger partial charge in [-0.25, -0.2) is 4.79 Å². The zero-order chi connectivity index (χ0) is 19.0. The van der Waals surface area contributed by atoms with E-state index in [1.165, 1.54) is 7.05 Å². The Morgan fingerprint density at radius 2 is 1.79 bits per heavy atom. The molecule has 0 aliphatic carbocycles. The standard InChI is InChI=1S/C15H24N4O.HNO3/c1-10(2)9-19(15(20)18(5)14(16)17)13-11(3)7-6-8-12(13)4;2-1(3)4/h6-8,10H,9H2,1-5H3,(H3,16,17);(H,2,3,4). The fourth-order valence-corrected chi connectivity index (χ4v) is 2.15. The number of guanidine groups is 1. The lowest BCUT2D eigenvalue weighted by Crippen LogP contribution is -2.48. The summed E-state index contributed by atoms with van der Waals surface area (Å²) in [6.07, 6.45) is 0. The Kier molecular flexibility index (Phi) is 8.23. The lowest BCUT2D eigenvalue weighted by Gasteiger charge is -2.31. The molecule has 1 aromatic carbocycles. The van der Waals surface area contributed by atoms with Crippen molar-refractivity contribution in [2.24, 2.45) is 11.7 Å². The van der Waals surface area contributed by atoms with E-state index in [1.54, 1.807) is 4.90 Å². The van der Waals surface area contributed by atoms with Gasteiger partial charge in [-0.05, 0) is 30.9 Å². The zero-order valence-electron chi connectivity index (χ0n) is 14.6. The summed E-state index contributed by atoms with van der Waals surface area (Å²) in [5.41, 5.74) is 8.40. The number of para-hydroxylation sites is 1. The van der Waals surface area contributed by atoms with E-state index in [0.717, 1.165) is 21.7 Å². The van der Waals surface area contributed by atoms with Crippen molar-refractivity contribution in [2.75, 3.05) is 18.5 Å². The van der Waals surface area contributed by atoms with Gasteiger partial charge >= 0.3 is 6.03 Å². The van der Waals surface area contributed by atoms with E-state index in [0.29, 0.717) is 12.5 Å². The summed E-state index contributed by atoms with van der Waals surface area (Å²) in [6.45, 7) is 8.67. The van der Waals surface area contributed by atoms with Gasteiger partial charge in [0.15, 0.2) is 5.96 Å². The molecule has 9 heteroatoms. The van der Waals surface area contributed by atoms with E-state index >= 15 is 0 Å². The highest BCUT2D eigenvalue weighted by Gasteiger charge is 2.24. The van der Waals surface area contributed by atoms with Gasteiger partial charge in [0.25, 0.3) is 5.09 Å². The molecule has 0 bridgehead atoms. The average molecular weight is 339 g/mol. The van der Waals surface area contributed by atoms with Crippen molar-refractivity contribution in [3.05, 3.63) is 39.4 Å². The van der Waals surface area contributed by atoms with Crippen LogP contribution in [0.4, 0.5) is 10.5 Å². The van der Waals surface area contributed by atoms with Gasteiger partial charge in [-0.3, -0.25) is 15.2 Å². The number of carbonyl (C=O) groups is 1. The molecule has 0 atom stereocenters. The maximum absolute atomic E-state index is 12.6. The van der Waals surface area contributed by atoms with E-state index in [9.17, 15) is 4.79 Å². The highest BCUT2D eigenvalue weighted by Crippen LogP contribution is 2.26. The number of amides is 2. The molecule has 0 heterocycles. The maximum Gasteiger partial charge on any atom is 0.331 e. The molecule has 0 saturated carbocycles. The van der Waals surface area contributed by atoms with Gasteiger partial charge in [-0.15, -0.1) is 10.1 Å². The topological polar surface area (TPSA) is 137 Å². The number of nitrogens with one attached hydrogen (secondary N) is 1. The van der Waals surface area contributed by atoms with Crippen molar-refractivity contribution < 1.29 is 15.1 Å². The number of benzene rings is 1. The number of hydrogen-bond acceptors (Lipinski definition) is 4. The Hall–Kier alpha value is -2.84. The van der Waals surface area contributed by atoms with Gasteiger partial charge in [-0.2, -0.15) is 0 Å². The zero-order valence-corrected chi connectivity index (χ0v) is 14.6. The molecule has 0 spiro atoms. The van der Waals surface area contributed by atoms with Gasteiger partial charge < -0.3 is 10.9 Å². The van der Waals surface area contributed by atoms with Crippen LogP contribution in [0.3, 0.4) is 0 Å². The third-order valence-electron chi connectivity index (χ3n) is 3.14. The molecule has 0 unspecified atom stereocenters. The molecule has 24 heavy (non-hydrogen) atoms. The summed E-state index contributed by atoms with van der Waals surface area (Å²) < 4.78 is 0. The molecular weight excluding hydrogens is 314 g/mol. The molecule has 9 nitrogen and oxygen atoms in total. The normalized spacial score (nSPS) is 9.75. The molecule has 1 aromatic rings. The van der Waals surface area contributed by atoms with Crippen molar-refractivity contribution in [1.82, 2.24) is 4.90 Å². The number of nitrogens with zero attached hydrogens (tertiary/aromatic N) is 3. The predicted octanol–water partition coefficient (Wildman–Crippen LogP) is 2.36. The Morgan fingerprint density at radius 3 is 2.12 bits per heavy atom. The van der Waals surface area contributed by atoms with Gasteiger partial charge in [0, 0.05) is 13.6 Å². The predicted molar refractivity (Wildman–Crippen MR) is 92.0 cm³/mol. The lowest BCUT2D eigenvalue weighted by atomic mass is 10.1. The number of nitrogens with two attached hydrogens (primary N) is 1. The molecule has 0 saturated heterocycles. The Morgan fingerprint density at radius 1 is 1.38 bits per heavy atom. The first-order valence-electron chi connectivity index (χ1n) is 7.27. The van der Waals surface area contributed by atoms with Crippen LogP contribution < -0.4 is 10.6 Å². The number of anilines is 1. The number of aryl methyl sites for hydroxylation is 2. The molecule has 1 rings (SSSR count). The first-order chi connectivity index (χ1) is 11.0. The van der Waals surface area contributed by atoms with Crippen molar-refractivity contribution >= 4 is 17.7 Å². The minimum absolute atomic E-state index is 0.255. The molecule has 0 aliphatic heterocycles. The fourth-order valence-electron chi connectivity index (χ4n) is 2.15. The lowest BCUT2D eigenvalue weighted by molar-refractivity contribution is -0.742. The Labute approximate surface area is 141 Å². The number of rotatable bonds is 3. The number of carbonyl (C=O) groups excluding carboxylic acids is 1. The van der Waals surface area contributed by atoms with E-state index in [1.807, 2.05) is 32.0 Å². The smallest absolute Gasteiger partial charge is 0.331 e. The fraction of sp³-hybridized carbons (Fsp3) is 0.467. The second-order valence-electron chi connectivity index (χ2n) is 5.71. The van der Waals surface area contributed by atoms with Crippen molar-refractivity contribution in [1.29, 1.82) is 5.41 Å².